The van der Waals surface area contributed by atoms with E-state index in [2.05, 4.69) is 65.8 Å². The molecule has 4 aromatic rings. The van der Waals surface area contributed by atoms with Crippen molar-refractivity contribution in [1.29, 1.82) is 0 Å². The van der Waals surface area contributed by atoms with Crippen LogP contribution >= 0.6 is 23.4 Å². The number of hydrazone groups is 1. The smallest absolute Gasteiger partial charge is 0.250 e. The SMILES string of the molecule is CC(C)(C)c1ccc(-c2nnc(SCC(=O)NN=Cc3ccc(Cl)cc3)n2-c2ccccc2)cc1. The Kier molecular flexibility index (Phi) is 7.68. The molecular weight excluding hydrogens is 478 g/mol. The van der Waals surface area contributed by atoms with Crippen molar-refractivity contribution in [3.05, 3.63) is 95.0 Å². The van der Waals surface area contributed by atoms with E-state index in [9.17, 15) is 4.79 Å². The number of rotatable bonds is 7. The predicted molar refractivity (Wildman–Crippen MR) is 143 cm³/mol. The molecule has 0 radical (unpaired) electrons. The third-order valence-corrected chi connectivity index (χ3v) is 6.44. The molecule has 6 nitrogen and oxygen atoms in total. The van der Waals surface area contributed by atoms with Crippen molar-refractivity contribution in [2.75, 3.05) is 5.75 Å². The Hall–Kier alpha value is -3.42. The predicted octanol–water partition coefficient (Wildman–Crippen LogP) is 6.13. The molecule has 4 rings (SSSR count). The monoisotopic (exact) mass is 503 g/mol. The summed E-state index contributed by atoms with van der Waals surface area (Å²) >= 11 is 7.20. The summed E-state index contributed by atoms with van der Waals surface area (Å²) in [7, 11) is 0. The standard InChI is InChI=1S/C27H26ClN5OS/c1-27(2,3)21-13-11-20(12-14-21)25-31-32-26(33(25)23-7-5-4-6-8-23)35-18-24(34)30-29-17-19-9-15-22(28)16-10-19/h4-17H,18H2,1-3H3,(H,30,34). The van der Waals surface area contributed by atoms with Crippen LogP contribution in [0.4, 0.5) is 0 Å². The number of nitrogens with zero attached hydrogens (tertiary/aromatic N) is 4. The Labute approximate surface area is 214 Å². The number of thioether (sulfide) groups is 1. The van der Waals surface area contributed by atoms with Crippen molar-refractivity contribution in [3.63, 3.8) is 0 Å². The van der Waals surface area contributed by atoms with Crippen molar-refractivity contribution in [1.82, 2.24) is 20.2 Å². The van der Waals surface area contributed by atoms with Gasteiger partial charge in [-0.2, -0.15) is 5.10 Å². The first-order valence-electron chi connectivity index (χ1n) is 11.1. The Morgan fingerprint density at radius 3 is 2.34 bits per heavy atom. The minimum Gasteiger partial charge on any atom is -0.272 e. The second-order valence-electron chi connectivity index (χ2n) is 8.94. The van der Waals surface area contributed by atoms with Crippen LogP contribution in [0.15, 0.2) is 89.1 Å². The highest BCUT2D eigenvalue weighted by atomic mass is 35.5. The van der Waals surface area contributed by atoms with Crippen LogP contribution in [0.3, 0.4) is 0 Å². The van der Waals surface area contributed by atoms with Gasteiger partial charge >= 0.3 is 0 Å². The summed E-state index contributed by atoms with van der Waals surface area (Å²) in [6.45, 7) is 6.56. The highest BCUT2D eigenvalue weighted by Crippen LogP contribution is 2.30. The molecular formula is C27H26ClN5OS. The number of hydrogen-bond donors (Lipinski definition) is 1. The zero-order valence-corrected chi connectivity index (χ0v) is 21.3. The van der Waals surface area contributed by atoms with Gasteiger partial charge in [0, 0.05) is 16.3 Å². The number of aromatic nitrogens is 3. The molecule has 178 valence electrons. The summed E-state index contributed by atoms with van der Waals surface area (Å²) in [6, 6.07) is 25.5. The molecule has 8 heteroatoms. The second-order valence-corrected chi connectivity index (χ2v) is 10.3. The van der Waals surface area contributed by atoms with Crippen LogP contribution in [0.2, 0.25) is 5.02 Å². The van der Waals surface area contributed by atoms with Crippen LogP contribution in [0.25, 0.3) is 17.1 Å². The van der Waals surface area contributed by atoms with Gasteiger partial charge in [-0.1, -0.05) is 98.7 Å². The third kappa shape index (κ3) is 6.38. The fourth-order valence-corrected chi connectivity index (χ4v) is 4.24. The summed E-state index contributed by atoms with van der Waals surface area (Å²) in [5.41, 5.74) is 6.59. The lowest BCUT2D eigenvalue weighted by Crippen LogP contribution is -2.20. The molecule has 3 aromatic carbocycles. The molecule has 0 aliphatic heterocycles. The minimum absolute atomic E-state index is 0.0655. The number of hydrogen-bond acceptors (Lipinski definition) is 5. The van der Waals surface area contributed by atoms with Crippen molar-refractivity contribution in [2.45, 2.75) is 31.3 Å². The normalized spacial score (nSPS) is 11.7. The largest absolute Gasteiger partial charge is 0.272 e. The maximum absolute atomic E-state index is 12.4. The van der Waals surface area contributed by atoms with Gasteiger partial charge in [-0.25, -0.2) is 5.43 Å². The van der Waals surface area contributed by atoms with E-state index in [-0.39, 0.29) is 17.1 Å². The first kappa shape index (κ1) is 24.7. The average molecular weight is 504 g/mol. The molecule has 0 bridgehead atoms. The molecule has 0 saturated carbocycles. The van der Waals surface area contributed by atoms with E-state index >= 15 is 0 Å². The van der Waals surface area contributed by atoms with Crippen molar-refractivity contribution in [3.8, 4) is 17.1 Å². The Morgan fingerprint density at radius 1 is 1.00 bits per heavy atom. The molecule has 0 atom stereocenters. The van der Waals surface area contributed by atoms with Gasteiger partial charge in [0.05, 0.1) is 12.0 Å². The fourth-order valence-electron chi connectivity index (χ4n) is 3.37. The number of para-hydroxylation sites is 1. The topological polar surface area (TPSA) is 72.2 Å². The molecule has 0 spiro atoms. The Bertz CT molecular complexity index is 1310. The summed E-state index contributed by atoms with van der Waals surface area (Å²) in [4.78, 5) is 12.4. The van der Waals surface area contributed by atoms with Crippen LogP contribution in [-0.2, 0) is 10.2 Å². The Balaban J connectivity index is 1.51. The second kappa shape index (κ2) is 10.9. The number of halogens is 1. The summed E-state index contributed by atoms with van der Waals surface area (Å²) in [6.07, 6.45) is 1.57. The van der Waals surface area contributed by atoms with Crippen LogP contribution in [-0.4, -0.2) is 32.6 Å². The minimum atomic E-state index is -0.237. The zero-order valence-electron chi connectivity index (χ0n) is 19.8. The molecule has 1 amide bonds. The van der Waals surface area contributed by atoms with E-state index in [1.54, 1.807) is 18.3 Å². The van der Waals surface area contributed by atoms with Crippen molar-refractivity contribution >= 4 is 35.5 Å². The van der Waals surface area contributed by atoms with E-state index in [0.29, 0.717) is 10.2 Å². The molecule has 35 heavy (non-hydrogen) atoms. The highest BCUT2D eigenvalue weighted by molar-refractivity contribution is 7.99. The van der Waals surface area contributed by atoms with Crippen molar-refractivity contribution < 1.29 is 4.79 Å². The fraction of sp³-hybridized carbons (Fsp3) is 0.185. The van der Waals surface area contributed by atoms with Crippen LogP contribution in [0.5, 0.6) is 0 Å². The number of carbonyl (C=O) groups is 1. The van der Waals surface area contributed by atoms with Gasteiger partial charge in [0.25, 0.3) is 5.91 Å². The lowest BCUT2D eigenvalue weighted by molar-refractivity contribution is -0.118. The molecule has 1 heterocycles. The average Bonchev–Trinajstić information content (AvgIpc) is 3.28. The van der Waals surface area contributed by atoms with Crippen molar-refractivity contribution in [2.24, 2.45) is 5.10 Å². The maximum atomic E-state index is 12.4. The van der Waals surface area contributed by atoms with E-state index in [0.717, 1.165) is 22.6 Å². The molecule has 0 saturated heterocycles. The first-order valence-corrected chi connectivity index (χ1v) is 12.5. The van der Waals surface area contributed by atoms with Crippen LogP contribution in [0.1, 0.15) is 31.9 Å². The third-order valence-electron chi connectivity index (χ3n) is 5.26. The van der Waals surface area contributed by atoms with Gasteiger partial charge < -0.3 is 0 Å². The van der Waals surface area contributed by atoms with Gasteiger partial charge in [-0.05, 0) is 40.8 Å². The van der Waals surface area contributed by atoms with Crippen LogP contribution in [0, 0.1) is 0 Å². The van der Waals surface area contributed by atoms with E-state index in [1.165, 1.54) is 17.3 Å². The highest BCUT2D eigenvalue weighted by Gasteiger charge is 2.19. The number of carbonyl (C=O) groups excluding carboxylic acids is 1. The zero-order chi connectivity index (χ0) is 24.8. The molecule has 1 N–H and O–H groups in total. The summed E-state index contributed by atoms with van der Waals surface area (Å²) in [5, 5.41) is 14.2. The van der Waals surface area contributed by atoms with Gasteiger partial charge in [-0.3, -0.25) is 9.36 Å². The molecule has 0 aliphatic carbocycles. The molecule has 0 aliphatic rings. The van der Waals surface area contributed by atoms with Gasteiger partial charge in [0.2, 0.25) is 0 Å². The van der Waals surface area contributed by atoms with Gasteiger partial charge in [0.1, 0.15) is 0 Å². The van der Waals surface area contributed by atoms with E-state index in [4.69, 9.17) is 11.6 Å². The number of amides is 1. The van der Waals surface area contributed by atoms with Gasteiger partial charge in [-0.15, -0.1) is 10.2 Å². The number of nitrogens with one attached hydrogen (secondary N) is 1. The van der Waals surface area contributed by atoms with Gasteiger partial charge in [0.15, 0.2) is 11.0 Å². The lowest BCUT2D eigenvalue weighted by Gasteiger charge is -2.19. The lowest BCUT2D eigenvalue weighted by atomic mass is 9.87. The summed E-state index contributed by atoms with van der Waals surface area (Å²) in [5.74, 6) is 0.630. The first-order chi connectivity index (χ1) is 16.8. The Morgan fingerprint density at radius 2 is 1.69 bits per heavy atom. The van der Waals surface area contributed by atoms with E-state index < -0.39 is 0 Å². The number of benzene rings is 3. The summed E-state index contributed by atoms with van der Waals surface area (Å²) < 4.78 is 1.97. The molecule has 1 aromatic heterocycles. The molecule has 0 unspecified atom stereocenters. The quantitative estimate of drug-likeness (QED) is 0.187. The van der Waals surface area contributed by atoms with E-state index in [1.807, 2.05) is 47.0 Å². The maximum Gasteiger partial charge on any atom is 0.250 e. The molecule has 0 fully saturated rings. The van der Waals surface area contributed by atoms with Crippen LogP contribution < -0.4 is 5.43 Å².